The van der Waals surface area contributed by atoms with Crippen molar-refractivity contribution in [1.82, 2.24) is 0 Å². The molecule has 2 unspecified atom stereocenters. The molecular formula is C16H19N3O2. The summed E-state index contributed by atoms with van der Waals surface area (Å²) < 4.78 is 4.58. The normalized spacial score (nSPS) is 12.6. The molecule has 2 atom stereocenters. The van der Waals surface area contributed by atoms with E-state index in [0.29, 0.717) is 5.56 Å². The summed E-state index contributed by atoms with van der Waals surface area (Å²) in [5.41, 5.74) is 1.69. The summed E-state index contributed by atoms with van der Waals surface area (Å²) in [6, 6.07) is 11.3. The molecule has 0 radical (unpaired) electrons. The Hall–Kier alpha value is -2.53. The number of hydrogen-bond acceptors (Lipinski definition) is 5. The predicted octanol–water partition coefficient (Wildman–Crippen LogP) is 2.45. The quantitative estimate of drug-likeness (QED) is 0.750. The first-order chi connectivity index (χ1) is 10.1. The predicted molar refractivity (Wildman–Crippen MR) is 79.5 cm³/mol. The first-order valence-corrected chi connectivity index (χ1v) is 6.84. The summed E-state index contributed by atoms with van der Waals surface area (Å²) in [5.74, 6) is -2.62. The molecule has 0 bridgehead atoms. The maximum atomic E-state index is 11.6. The smallest absolute Gasteiger partial charge is 0.324 e. The molecule has 0 N–H and O–H groups in total. The summed E-state index contributed by atoms with van der Waals surface area (Å²) in [5, 5.41) is 18.4. The van der Waals surface area contributed by atoms with Gasteiger partial charge in [-0.2, -0.15) is 10.5 Å². The molecule has 110 valence electrons. The summed E-state index contributed by atoms with van der Waals surface area (Å²) in [7, 11) is 1.21. The number of hydrogen-bond donors (Lipinski definition) is 0. The zero-order valence-corrected chi connectivity index (χ0v) is 12.5. The number of nitriles is 2. The minimum Gasteiger partial charge on any atom is -0.468 e. The highest BCUT2D eigenvalue weighted by atomic mass is 16.5. The Morgan fingerprint density at radius 3 is 2.14 bits per heavy atom. The van der Waals surface area contributed by atoms with Gasteiger partial charge in [0.15, 0.2) is 5.92 Å². The highest BCUT2D eigenvalue weighted by molar-refractivity contribution is 5.77. The van der Waals surface area contributed by atoms with Crippen LogP contribution < -0.4 is 4.90 Å². The van der Waals surface area contributed by atoms with Crippen molar-refractivity contribution >= 4 is 11.7 Å². The summed E-state index contributed by atoms with van der Waals surface area (Å²) >= 11 is 0. The van der Waals surface area contributed by atoms with Gasteiger partial charge >= 0.3 is 5.97 Å². The molecule has 0 spiro atoms. The average Bonchev–Trinajstić information content (AvgIpc) is 2.53. The van der Waals surface area contributed by atoms with Crippen molar-refractivity contribution in [2.75, 3.05) is 25.1 Å². The number of methoxy groups -OCH3 is 1. The fraction of sp³-hybridized carbons (Fsp3) is 0.438. The molecule has 1 aromatic carbocycles. The Morgan fingerprint density at radius 2 is 1.76 bits per heavy atom. The number of nitrogens with zero attached hydrogens (tertiary/aromatic N) is 3. The second-order valence-electron chi connectivity index (χ2n) is 4.50. The van der Waals surface area contributed by atoms with E-state index in [1.807, 2.05) is 24.3 Å². The van der Waals surface area contributed by atoms with E-state index in [4.69, 9.17) is 5.26 Å². The number of carbonyl (C=O) groups is 1. The van der Waals surface area contributed by atoms with Gasteiger partial charge in [0, 0.05) is 18.8 Å². The Morgan fingerprint density at radius 1 is 1.19 bits per heavy atom. The van der Waals surface area contributed by atoms with Gasteiger partial charge in [-0.15, -0.1) is 0 Å². The Kier molecular flexibility index (Phi) is 6.23. The SMILES string of the molecule is CCN(CC)c1ccc(C(C#N)C(C#N)C(=O)OC)cc1. The first kappa shape index (κ1) is 16.5. The summed E-state index contributed by atoms with van der Waals surface area (Å²) in [4.78, 5) is 13.8. The van der Waals surface area contributed by atoms with Crippen molar-refractivity contribution in [2.24, 2.45) is 5.92 Å². The molecule has 5 nitrogen and oxygen atoms in total. The molecule has 21 heavy (non-hydrogen) atoms. The van der Waals surface area contributed by atoms with Crippen LogP contribution in [0.25, 0.3) is 0 Å². The molecule has 0 aromatic heterocycles. The molecule has 0 aliphatic carbocycles. The van der Waals surface area contributed by atoms with Gasteiger partial charge < -0.3 is 9.64 Å². The maximum absolute atomic E-state index is 11.6. The largest absolute Gasteiger partial charge is 0.468 e. The standard InChI is InChI=1S/C16H19N3O2/c1-4-19(5-2)13-8-6-12(7-9-13)14(10-17)15(11-18)16(20)21-3/h6-9,14-15H,4-5H2,1-3H3. The Labute approximate surface area is 125 Å². The van der Waals surface area contributed by atoms with Crippen molar-refractivity contribution in [2.45, 2.75) is 19.8 Å². The number of esters is 1. The van der Waals surface area contributed by atoms with Gasteiger partial charge in [0.1, 0.15) is 0 Å². The Bertz CT molecular complexity index is 550. The zero-order chi connectivity index (χ0) is 15.8. The van der Waals surface area contributed by atoms with Crippen LogP contribution in [0, 0.1) is 28.6 Å². The van der Waals surface area contributed by atoms with Crippen LogP contribution in [-0.4, -0.2) is 26.2 Å². The lowest BCUT2D eigenvalue weighted by Crippen LogP contribution is -2.23. The van der Waals surface area contributed by atoms with Crippen LogP contribution in [0.3, 0.4) is 0 Å². The summed E-state index contributed by atoms with van der Waals surface area (Å²) in [6.45, 7) is 5.91. The number of ether oxygens (including phenoxy) is 1. The minimum absolute atomic E-state index is 0.644. The van der Waals surface area contributed by atoms with Gasteiger partial charge in [-0.05, 0) is 31.5 Å². The van der Waals surface area contributed by atoms with Gasteiger partial charge in [0.25, 0.3) is 0 Å². The molecule has 0 saturated heterocycles. The van der Waals surface area contributed by atoms with E-state index in [1.54, 1.807) is 12.1 Å². The van der Waals surface area contributed by atoms with Crippen LogP contribution in [-0.2, 0) is 9.53 Å². The third-order valence-electron chi connectivity index (χ3n) is 3.45. The number of anilines is 1. The molecule has 5 heteroatoms. The fourth-order valence-corrected chi connectivity index (χ4v) is 2.21. The molecule has 0 heterocycles. The monoisotopic (exact) mass is 285 g/mol. The van der Waals surface area contributed by atoms with Gasteiger partial charge in [-0.1, -0.05) is 12.1 Å². The van der Waals surface area contributed by atoms with Crippen molar-refractivity contribution in [3.63, 3.8) is 0 Å². The van der Waals surface area contributed by atoms with Crippen LogP contribution in [0.1, 0.15) is 25.3 Å². The lowest BCUT2D eigenvalue weighted by molar-refractivity contribution is -0.143. The zero-order valence-electron chi connectivity index (χ0n) is 12.5. The lowest BCUT2D eigenvalue weighted by atomic mass is 9.88. The maximum Gasteiger partial charge on any atom is 0.324 e. The molecule has 0 fully saturated rings. The Balaban J connectivity index is 3.06. The average molecular weight is 285 g/mol. The molecular weight excluding hydrogens is 266 g/mol. The van der Waals surface area contributed by atoms with E-state index in [9.17, 15) is 10.1 Å². The van der Waals surface area contributed by atoms with E-state index in [1.165, 1.54) is 7.11 Å². The molecule has 0 saturated carbocycles. The van der Waals surface area contributed by atoms with Gasteiger partial charge in [0.05, 0.1) is 25.2 Å². The van der Waals surface area contributed by atoms with E-state index < -0.39 is 17.8 Å². The third kappa shape index (κ3) is 3.73. The van der Waals surface area contributed by atoms with Crippen molar-refractivity contribution in [1.29, 1.82) is 10.5 Å². The van der Waals surface area contributed by atoms with Crippen molar-refractivity contribution in [3.8, 4) is 12.1 Å². The number of carbonyl (C=O) groups excluding carboxylic acids is 1. The second kappa shape index (κ2) is 7.91. The highest BCUT2D eigenvalue weighted by Gasteiger charge is 2.30. The first-order valence-electron chi connectivity index (χ1n) is 6.84. The van der Waals surface area contributed by atoms with Gasteiger partial charge in [0.2, 0.25) is 0 Å². The third-order valence-corrected chi connectivity index (χ3v) is 3.45. The van der Waals surface area contributed by atoms with E-state index in [0.717, 1.165) is 18.8 Å². The van der Waals surface area contributed by atoms with Gasteiger partial charge in [-0.25, -0.2) is 0 Å². The minimum atomic E-state index is -1.11. The van der Waals surface area contributed by atoms with Crippen LogP contribution in [0.4, 0.5) is 5.69 Å². The van der Waals surface area contributed by atoms with Crippen LogP contribution in [0.15, 0.2) is 24.3 Å². The summed E-state index contributed by atoms with van der Waals surface area (Å²) in [6.07, 6.45) is 0. The highest BCUT2D eigenvalue weighted by Crippen LogP contribution is 2.27. The van der Waals surface area contributed by atoms with E-state index in [2.05, 4.69) is 23.5 Å². The fourth-order valence-electron chi connectivity index (χ4n) is 2.21. The van der Waals surface area contributed by atoms with Crippen LogP contribution in [0.5, 0.6) is 0 Å². The lowest BCUT2D eigenvalue weighted by Gasteiger charge is -2.22. The van der Waals surface area contributed by atoms with Gasteiger partial charge in [-0.3, -0.25) is 4.79 Å². The van der Waals surface area contributed by atoms with Crippen molar-refractivity contribution < 1.29 is 9.53 Å². The van der Waals surface area contributed by atoms with Crippen LogP contribution in [0.2, 0.25) is 0 Å². The molecule has 1 aromatic rings. The van der Waals surface area contributed by atoms with Crippen LogP contribution >= 0.6 is 0 Å². The van der Waals surface area contributed by atoms with E-state index >= 15 is 0 Å². The number of benzene rings is 1. The number of rotatable bonds is 6. The molecule has 0 aliphatic heterocycles. The second-order valence-corrected chi connectivity index (χ2v) is 4.50. The van der Waals surface area contributed by atoms with E-state index in [-0.39, 0.29) is 0 Å². The molecule has 1 rings (SSSR count). The van der Waals surface area contributed by atoms with Crippen molar-refractivity contribution in [3.05, 3.63) is 29.8 Å². The molecule has 0 amide bonds. The topological polar surface area (TPSA) is 77.1 Å². The molecule has 0 aliphatic rings.